The fourth-order valence-electron chi connectivity index (χ4n) is 3.86. The molecule has 0 spiro atoms. The lowest BCUT2D eigenvalue weighted by Gasteiger charge is -2.28. The number of halogens is 1. The van der Waals surface area contributed by atoms with Gasteiger partial charge in [-0.2, -0.15) is 0 Å². The lowest BCUT2D eigenvalue weighted by molar-refractivity contribution is 0.349. The van der Waals surface area contributed by atoms with Crippen LogP contribution in [0.25, 0.3) is 0 Å². The van der Waals surface area contributed by atoms with E-state index in [2.05, 4.69) is 11.9 Å². The van der Waals surface area contributed by atoms with Crippen molar-refractivity contribution < 1.29 is 12.8 Å². The first-order valence-corrected chi connectivity index (χ1v) is 11.8. The number of aromatic nitrogens is 1. The highest BCUT2D eigenvalue weighted by Gasteiger charge is 2.25. The van der Waals surface area contributed by atoms with Gasteiger partial charge in [0.2, 0.25) is 0 Å². The van der Waals surface area contributed by atoms with Crippen molar-refractivity contribution in [3.8, 4) is 0 Å². The lowest BCUT2D eigenvalue weighted by Crippen LogP contribution is -2.30. The van der Waals surface area contributed by atoms with Crippen LogP contribution < -0.4 is 10.9 Å². The summed E-state index contributed by atoms with van der Waals surface area (Å²) in [5.41, 5.74) is 1.24. The highest BCUT2D eigenvalue weighted by molar-refractivity contribution is 7.94. The largest absolute Gasteiger partial charge is 0.332 e. The van der Waals surface area contributed by atoms with Crippen LogP contribution in [0.15, 0.2) is 46.7 Å². The van der Waals surface area contributed by atoms with Gasteiger partial charge in [0.05, 0.1) is 5.71 Å². The van der Waals surface area contributed by atoms with E-state index in [1.54, 1.807) is 11.5 Å². The number of sulfone groups is 1. The Morgan fingerprint density at radius 1 is 1.17 bits per heavy atom. The Morgan fingerprint density at radius 2 is 1.80 bits per heavy atom. The number of benzene rings is 1. The normalized spacial score (nSPS) is 15.0. The van der Waals surface area contributed by atoms with Gasteiger partial charge in [0.1, 0.15) is 16.7 Å². The number of nitrogens with zero attached hydrogens (tertiary/aromatic N) is 1. The van der Waals surface area contributed by atoms with Crippen molar-refractivity contribution >= 4 is 21.4 Å². The summed E-state index contributed by atoms with van der Waals surface area (Å²) in [6, 6.07) is 6.93. The van der Waals surface area contributed by atoms with E-state index in [-0.39, 0.29) is 28.2 Å². The van der Waals surface area contributed by atoms with Crippen LogP contribution in [0.5, 0.6) is 0 Å². The van der Waals surface area contributed by atoms with E-state index in [1.165, 1.54) is 30.3 Å². The van der Waals surface area contributed by atoms with Crippen LogP contribution in [-0.2, 0) is 9.84 Å². The molecule has 0 amide bonds. The molecule has 3 rings (SSSR count). The van der Waals surface area contributed by atoms with Crippen LogP contribution >= 0.6 is 0 Å². The molecule has 1 aliphatic carbocycles. The standard InChI is InChI=1S/C22H26FN3O3S/c1-14-13-16(23)9-10-18(14)21(24)19-11-12-20(27)26(17-7-5-4-6-8-17)22(19)25-15(2)30(3,28)29/h9-13,17,24-25H,2,4-8H2,1,3H3. The number of hydrogen-bond donors (Lipinski definition) is 2. The maximum atomic E-state index is 13.5. The minimum atomic E-state index is -3.62. The van der Waals surface area contributed by atoms with Crippen LogP contribution in [0.2, 0.25) is 0 Å². The summed E-state index contributed by atoms with van der Waals surface area (Å²) >= 11 is 0. The molecule has 0 aliphatic heterocycles. The first-order valence-electron chi connectivity index (χ1n) is 9.86. The Labute approximate surface area is 175 Å². The number of aryl methyl sites for hydroxylation is 1. The molecule has 1 fully saturated rings. The zero-order valence-corrected chi connectivity index (χ0v) is 18.0. The SMILES string of the molecule is C=C(Nc1c(C(=N)c2ccc(F)cc2C)ccc(=O)n1C1CCCCC1)S(C)(=O)=O. The lowest BCUT2D eigenvalue weighted by atomic mass is 9.94. The van der Waals surface area contributed by atoms with Gasteiger partial charge in [-0.1, -0.05) is 25.8 Å². The molecule has 0 unspecified atom stereocenters. The van der Waals surface area contributed by atoms with Gasteiger partial charge in [0, 0.05) is 29.5 Å². The van der Waals surface area contributed by atoms with Crippen molar-refractivity contribution in [3.63, 3.8) is 0 Å². The summed E-state index contributed by atoms with van der Waals surface area (Å²) in [5, 5.41) is 11.3. The van der Waals surface area contributed by atoms with Gasteiger partial charge in [0.15, 0.2) is 9.84 Å². The Bertz CT molecular complexity index is 1160. The molecule has 1 heterocycles. The predicted molar refractivity (Wildman–Crippen MR) is 117 cm³/mol. The molecule has 1 aromatic heterocycles. The molecule has 2 aromatic rings. The van der Waals surface area contributed by atoms with E-state index in [1.807, 2.05) is 0 Å². The summed E-state index contributed by atoms with van der Waals surface area (Å²) in [5.74, 6) is -0.168. The number of hydrogen-bond acceptors (Lipinski definition) is 5. The van der Waals surface area contributed by atoms with Crippen LogP contribution in [0.4, 0.5) is 10.2 Å². The van der Waals surface area contributed by atoms with Crippen LogP contribution in [0.3, 0.4) is 0 Å². The summed E-state index contributed by atoms with van der Waals surface area (Å²) < 4.78 is 39.1. The van der Waals surface area contributed by atoms with Crippen LogP contribution in [0.1, 0.15) is 54.8 Å². The van der Waals surface area contributed by atoms with E-state index >= 15 is 0 Å². The minimum Gasteiger partial charge on any atom is -0.332 e. The molecule has 160 valence electrons. The van der Waals surface area contributed by atoms with Crippen LogP contribution in [-0.4, -0.2) is 25.0 Å². The Kier molecular flexibility index (Phi) is 6.26. The first-order chi connectivity index (χ1) is 14.1. The van der Waals surface area contributed by atoms with Gasteiger partial charge >= 0.3 is 0 Å². The van der Waals surface area contributed by atoms with E-state index in [4.69, 9.17) is 5.41 Å². The summed E-state index contributed by atoms with van der Waals surface area (Å²) in [4.78, 5) is 12.8. The quantitative estimate of drug-likeness (QED) is 0.672. The van der Waals surface area contributed by atoms with Crippen molar-refractivity contribution in [2.45, 2.75) is 45.1 Å². The maximum absolute atomic E-state index is 13.5. The van der Waals surface area contributed by atoms with Crippen molar-refractivity contribution in [1.29, 1.82) is 5.41 Å². The Morgan fingerprint density at radius 3 is 2.40 bits per heavy atom. The van der Waals surface area contributed by atoms with E-state index in [0.29, 0.717) is 16.7 Å². The summed E-state index contributed by atoms with van der Waals surface area (Å²) in [6.45, 7) is 5.31. The number of nitrogens with one attached hydrogen (secondary N) is 2. The molecule has 6 nitrogen and oxygen atoms in total. The fourth-order valence-corrected chi connectivity index (χ4v) is 4.14. The van der Waals surface area contributed by atoms with Crippen molar-refractivity contribution in [2.75, 3.05) is 11.6 Å². The van der Waals surface area contributed by atoms with Gasteiger partial charge in [0.25, 0.3) is 5.56 Å². The molecular formula is C22H26FN3O3S. The second-order valence-electron chi connectivity index (χ2n) is 7.75. The third-order valence-corrected chi connectivity index (χ3v) is 6.50. The predicted octanol–water partition coefficient (Wildman–Crippen LogP) is 4.14. The fraction of sp³-hybridized carbons (Fsp3) is 0.364. The Balaban J connectivity index is 2.19. The Hall–Kier alpha value is -2.74. The number of pyridine rings is 1. The zero-order valence-electron chi connectivity index (χ0n) is 17.2. The van der Waals surface area contributed by atoms with Crippen LogP contribution in [0, 0.1) is 18.2 Å². The van der Waals surface area contributed by atoms with Gasteiger partial charge < -0.3 is 5.32 Å². The number of anilines is 1. The van der Waals surface area contributed by atoms with Gasteiger partial charge in [-0.25, -0.2) is 12.8 Å². The molecule has 0 saturated heterocycles. The monoisotopic (exact) mass is 431 g/mol. The van der Waals surface area contributed by atoms with Gasteiger partial charge in [-0.05, 0) is 49.6 Å². The van der Waals surface area contributed by atoms with E-state index in [0.717, 1.165) is 38.4 Å². The molecule has 0 radical (unpaired) electrons. The maximum Gasteiger partial charge on any atom is 0.252 e. The van der Waals surface area contributed by atoms with Gasteiger partial charge in [-0.15, -0.1) is 0 Å². The molecule has 8 heteroatoms. The highest BCUT2D eigenvalue weighted by atomic mass is 32.2. The smallest absolute Gasteiger partial charge is 0.252 e. The minimum absolute atomic E-state index is 0.0702. The summed E-state index contributed by atoms with van der Waals surface area (Å²) in [6.07, 6.45) is 5.67. The first kappa shape index (κ1) is 22.0. The summed E-state index contributed by atoms with van der Waals surface area (Å²) in [7, 11) is -3.62. The van der Waals surface area contributed by atoms with Crippen molar-refractivity contribution in [2.24, 2.45) is 0 Å². The molecule has 1 aliphatic rings. The van der Waals surface area contributed by atoms with E-state index < -0.39 is 15.7 Å². The number of rotatable bonds is 6. The van der Waals surface area contributed by atoms with Crippen molar-refractivity contribution in [3.05, 3.63) is 74.8 Å². The van der Waals surface area contributed by atoms with E-state index in [9.17, 15) is 17.6 Å². The highest BCUT2D eigenvalue weighted by Crippen LogP contribution is 2.32. The second kappa shape index (κ2) is 8.55. The third kappa shape index (κ3) is 4.53. The average Bonchev–Trinajstić information content (AvgIpc) is 2.67. The third-order valence-electron chi connectivity index (χ3n) is 5.50. The molecule has 1 aromatic carbocycles. The van der Waals surface area contributed by atoms with Gasteiger partial charge in [-0.3, -0.25) is 14.8 Å². The molecule has 30 heavy (non-hydrogen) atoms. The zero-order chi connectivity index (χ0) is 22.1. The molecular weight excluding hydrogens is 405 g/mol. The van der Waals surface area contributed by atoms with Crippen molar-refractivity contribution in [1.82, 2.24) is 4.57 Å². The topological polar surface area (TPSA) is 92.0 Å². The molecule has 2 N–H and O–H groups in total. The molecule has 0 atom stereocenters. The molecule has 1 saturated carbocycles. The second-order valence-corrected chi connectivity index (χ2v) is 9.79. The average molecular weight is 432 g/mol. The molecule has 0 bridgehead atoms.